The molecule has 0 aliphatic heterocycles. The predicted molar refractivity (Wildman–Crippen MR) is 90.8 cm³/mol. The minimum absolute atomic E-state index is 0.0595. The third-order valence-electron chi connectivity index (χ3n) is 2.44. The van der Waals surface area contributed by atoms with Gasteiger partial charge in [-0.05, 0) is 59.0 Å². The fraction of sp³-hybridized carbons (Fsp3) is 0. The van der Waals surface area contributed by atoms with Gasteiger partial charge in [-0.15, -0.1) is 0 Å². The predicted octanol–water partition coefficient (Wildman–Crippen LogP) is 3.98. The van der Waals surface area contributed by atoms with Gasteiger partial charge in [-0.2, -0.15) is 0 Å². The first-order chi connectivity index (χ1) is 9.29. The van der Waals surface area contributed by atoms with E-state index in [9.17, 15) is 8.42 Å². The lowest BCUT2D eigenvalue weighted by molar-refractivity contribution is 0.601. The molecular weight excluding hydrogens is 434 g/mol. The highest BCUT2D eigenvalue weighted by molar-refractivity contribution is 14.1. The van der Waals surface area contributed by atoms with E-state index in [4.69, 9.17) is 28.9 Å². The Labute approximate surface area is 140 Å². The Morgan fingerprint density at radius 2 is 1.65 bits per heavy atom. The van der Waals surface area contributed by atoms with Crippen molar-refractivity contribution in [2.24, 2.45) is 0 Å². The number of benzene rings is 2. The molecule has 0 amide bonds. The van der Waals surface area contributed by atoms with Crippen LogP contribution in [0.2, 0.25) is 10.0 Å². The van der Waals surface area contributed by atoms with E-state index in [0.29, 0.717) is 19.3 Å². The van der Waals surface area contributed by atoms with Gasteiger partial charge in [0.2, 0.25) is 0 Å². The number of rotatable bonds is 3. The molecule has 0 heterocycles. The van der Waals surface area contributed by atoms with Gasteiger partial charge < -0.3 is 5.73 Å². The molecule has 3 N–H and O–H groups in total. The van der Waals surface area contributed by atoms with E-state index in [2.05, 4.69) is 4.72 Å². The molecule has 20 heavy (non-hydrogen) atoms. The summed E-state index contributed by atoms with van der Waals surface area (Å²) < 4.78 is 27.8. The lowest BCUT2D eigenvalue weighted by Gasteiger charge is -2.12. The van der Waals surface area contributed by atoms with Crippen molar-refractivity contribution in [1.29, 1.82) is 0 Å². The highest BCUT2D eigenvalue weighted by Crippen LogP contribution is 2.28. The van der Waals surface area contributed by atoms with Gasteiger partial charge >= 0.3 is 0 Å². The molecule has 106 valence electrons. The maximum atomic E-state index is 12.3. The van der Waals surface area contributed by atoms with Crippen LogP contribution in [0.5, 0.6) is 0 Å². The van der Waals surface area contributed by atoms with Crippen LogP contribution < -0.4 is 10.5 Å². The molecule has 0 saturated carbocycles. The van der Waals surface area contributed by atoms with E-state index in [0.717, 1.165) is 0 Å². The standard InChI is InChI=1S/C12H9Cl2IN2O2S/c13-7-2-4-11(9(15)5-7)17-20(18,19)12-6-8(14)1-3-10(12)16/h1-6,17H,16H2. The second-order valence-corrected chi connectivity index (χ2v) is 7.60. The molecule has 4 nitrogen and oxygen atoms in total. The molecule has 8 heteroatoms. The largest absolute Gasteiger partial charge is 0.398 e. The summed E-state index contributed by atoms with van der Waals surface area (Å²) in [5.74, 6) is 0. The third kappa shape index (κ3) is 3.49. The van der Waals surface area contributed by atoms with E-state index in [1.807, 2.05) is 22.6 Å². The average Bonchev–Trinajstić information content (AvgIpc) is 2.35. The molecule has 0 aromatic heterocycles. The number of nitrogens with one attached hydrogen (secondary N) is 1. The van der Waals surface area contributed by atoms with Crippen LogP contribution in [0.4, 0.5) is 11.4 Å². The Bertz CT molecular complexity index is 766. The van der Waals surface area contributed by atoms with Crippen LogP contribution in [-0.4, -0.2) is 8.42 Å². The zero-order chi connectivity index (χ0) is 14.9. The van der Waals surface area contributed by atoms with Crippen LogP contribution >= 0.6 is 45.8 Å². The molecule has 0 fully saturated rings. The number of nitrogens with two attached hydrogens (primary N) is 1. The van der Waals surface area contributed by atoms with Crippen molar-refractivity contribution in [1.82, 2.24) is 0 Å². The summed E-state index contributed by atoms with van der Waals surface area (Å²) in [5, 5.41) is 0.824. The Balaban J connectivity index is 2.43. The first-order valence-electron chi connectivity index (χ1n) is 5.32. The first kappa shape index (κ1) is 15.7. The van der Waals surface area contributed by atoms with Crippen LogP contribution in [0.15, 0.2) is 41.3 Å². The van der Waals surface area contributed by atoms with Crippen molar-refractivity contribution >= 4 is 67.2 Å². The lowest BCUT2D eigenvalue weighted by Crippen LogP contribution is -2.15. The summed E-state index contributed by atoms with van der Waals surface area (Å²) in [6.07, 6.45) is 0. The van der Waals surface area contributed by atoms with Crippen LogP contribution in [0, 0.1) is 3.57 Å². The summed E-state index contributed by atoms with van der Waals surface area (Å²) in [7, 11) is -3.81. The quantitative estimate of drug-likeness (QED) is 0.557. The normalized spacial score (nSPS) is 11.3. The molecule has 0 saturated heterocycles. The smallest absolute Gasteiger partial charge is 0.264 e. The molecule has 2 rings (SSSR count). The first-order valence-corrected chi connectivity index (χ1v) is 8.64. The summed E-state index contributed by atoms with van der Waals surface area (Å²) in [4.78, 5) is -0.0595. The Morgan fingerprint density at radius 3 is 2.30 bits per heavy atom. The van der Waals surface area contributed by atoms with E-state index in [-0.39, 0.29) is 10.6 Å². The Morgan fingerprint density at radius 1 is 1.05 bits per heavy atom. The number of nitrogen functional groups attached to an aromatic ring is 1. The van der Waals surface area contributed by atoms with Crippen molar-refractivity contribution < 1.29 is 8.42 Å². The Hall–Kier alpha value is -0.700. The van der Waals surface area contributed by atoms with Gasteiger partial charge in [-0.3, -0.25) is 4.72 Å². The highest BCUT2D eigenvalue weighted by Gasteiger charge is 2.19. The maximum absolute atomic E-state index is 12.3. The van der Waals surface area contributed by atoms with E-state index in [1.54, 1.807) is 18.2 Å². The molecule has 2 aromatic rings. The van der Waals surface area contributed by atoms with Gasteiger partial charge in [-0.25, -0.2) is 8.42 Å². The van der Waals surface area contributed by atoms with Gasteiger partial charge in [0.1, 0.15) is 4.90 Å². The molecular formula is C12H9Cl2IN2O2S. The molecule has 0 aliphatic carbocycles. The fourth-order valence-electron chi connectivity index (χ4n) is 1.51. The molecule has 0 unspecified atom stereocenters. The maximum Gasteiger partial charge on any atom is 0.264 e. The minimum atomic E-state index is -3.81. The van der Waals surface area contributed by atoms with Gasteiger partial charge in [0.25, 0.3) is 10.0 Å². The van der Waals surface area contributed by atoms with Crippen LogP contribution in [-0.2, 0) is 10.0 Å². The van der Waals surface area contributed by atoms with E-state index in [1.165, 1.54) is 18.2 Å². The number of halogens is 3. The van der Waals surface area contributed by atoms with Crippen molar-refractivity contribution in [3.05, 3.63) is 50.0 Å². The topological polar surface area (TPSA) is 72.2 Å². The summed E-state index contributed by atoms with van der Waals surface area (Å²) in [6.45, 7) is 0. The van der Waals surface area contributed by atoms with Crippen molar-refractivity contribution in [3.8, 4) is 0 Å². The summed E-state index contributed by atoms with van der Waals surface area (Å²) in [6, 6.07) is 9.13. The average molecular weight is 443 g/mol. The lowest BCUT2D eigenvalue weighted by atomic mass is 10.3. The van der Waals surface area contributed by atoms with Crippen molar-refractivity contribution in [3.63, 3.8) is 0 Å². The molecule has 2 aromatic carbocycles. The molecule has 0 atom stereocenters. The number of sulfonamides is 1. The highest BCUT2D eigenvalue weighted by atomic mass is 127. The summed E-state index contributed by atoms with van der Waals surface area (Å²) >= 11 is 13.6. The molecule has 0 radical (unpaired) electrons. The van der Waals surface area contributed by atoms with Crippen LogP contribution in [0.1, 0.15) is 0 Å². The minimum Gasteiger partial charge on any atom is -0.398 e. The monoisotopic (exact) mass is 442 g/mol. The van der Waals surface area contributed by atoms with Gasteiger partial charge in [0.15, 0.2) is 0 Å². The Kier molecular flexibility index (Phi) is 4.68. The van der Waals surface area contributed by atoms with Gasteiger partial charge in [0.05, 0.1) is 11.4 Å². The molecule has 0 spiro atoms. The van der Waals surface area contributed by atoms with Crippen molar-refractivity contribution in [2.45, 2.75) is 4.90 Å². The number of hydrogen-bond acceptors (Lipinski definition) is 3. The third-order valence-corrected chi connectivity index (χ3v) is 5.22. The second-order valence-electron chi connectivity index (χ2n) is 3.91. The zero-order valence-electron chi connectivity index (χ0n) is 9.90. The van der Waals surface area contributed by atoms with Gasteiger partial charge in [0, 0.05) is 13.6 Å². The van der Waals surface area contributed by atoms with Crippen LogP contribution in [0.3, 0.4) is 0 Å². The van der Waals surface area contributed by atoms with E-state index < -0.39 is 10.0 Å². The zero-order valence-corrected chi connectivity index (χ0v) is 14.4. The number of anilines is 2. The van der Waals surface area contributed by atoms with Crippen molar-refractivity contribution in [2.75, 3.05) is 10.5 Å². The van der Waals surface area contributed by atoms with Crippen LogP contribution in [0.25, 0.3) is 0 Å². The molecule has 0 aliphatic rings. The summed E-state index contributed by atoms with van der Waals surface area (Å²) in [5.41, 5.74) is 6.25. The SMILES string of the molecule is Nc1ccc(Cl)cc1S(=O)(=O)Nc1ccc(Cl)cc1I. The number of hydrogen-bond donors (Lipinski definition) is 2. The fourth-order valence-corrected chi connectivity index (χ4v) is 4.18. The van der Waals surface area contributed by atoms with E-state index >= 15 is 0 Å². The molecule has 0 bridgehead atoms. The second kappa shape index (κ2) is 5.97. The van der Waals surface area contributed by atoms with Gasteiger partial charge in [-0.1, -0.05) is 23.2 Å².